The number of tetrazole rings is 1. The number of thiophene rings is 1. The van der Waals surface area contributed by atoms with Gasteiger partial charge in [-0.25, -0.2) is 0 Å². The van der Waals surface area contributed by atoms with Crippen LogP contribution in [0.15, 0.2) is 42.5 Å². The number of aromatic nitrogens is 4. The highest BCUT2D eigenvalue weighted by Gasteiger charge is 2.13. The quantitative estimate of drug-likeness (QED) is 0.799. The molecular formula is C14H15N5S. The SMILES string of the molecule is Cc1ccc(C(C)Nc2nnnn2-c2ccccc2)s1. The molecule has 0 radical (unpaired) electrons. The first-order chi connectivity index (χ1) is 9.74. The Morgan fingerprint density at radius 2 is 1.95 bits per heavy atom. The summed E-state index contributed by atoms with van der Waals surface area (Å²) >= 11 is 1.78. The molecule has 3 aromatic rings. The molecule has 0 spiro atoms. The van der Waals surface area contributed by atoms with Gasteiger partial charge in [-0.1, -0.05) is 23.3 Å². The van der Waals surface area contributed by atoms with Gasteiger partial charge >= 0.3 is 0 Å². The van der Waals surface area contributed by atoms with E-state index in [1.807, 2.05) is 30.3 Å². The summed E-state index contributed by atoms with van der Waals surface area (Å²) in [5.74, 6) is 0.648. The van der Waals surface area contributed by atoms with Gasteiger partial charge in [-0.15, -0.1) is 11.3 Å². The Balaban J connectivity index is 1.84. The van der Waals surface area contributed by atoms with E-state index in [-0.39, 0.29) is 6.04 Å². The van der Waals surface area contributed by atoms with E-state index in [2.05, 4.69) is 46.8 Å². The maximum absolute atomic E-state index is 4.06. The number of hydrogen-bond donors (Lipinski definition) is 1. The molecule has 1 N–H and O–H groups in total. The molecule has 3 rings (SSSR count). The first-order valence-corrected chi connectivity index (χ1v) is 7.22. The van der Waals surface area contributed by atoms with Crippen molar-refractivity contribution in [3.05, 3.63) is 52.2 Å². The zero-order chi connectivity index (χ0) is 13.9. The average Bonchev–Trinajstić information content (AvgIpc) is 3.09. The van der Waals surface area contributed by atoms with Gasteiger partial charge in [0.1, 0.15) is 0 Å². The van der Waals surface area contributed by atoms with Gasteiger partial charge in [0.2, 0.25) is 5.95 Å². The van der Waals surface area contributed by atoms with Crippen molar-refractivity contribution in [3.8, 4) is 5.69 Å². The van der Waals surface area contributed by atoms with Crippen LogP contribution in [0.3, 0.4) is 0 Å². The lowest BCUT2D eigenvalue weighted by Crippen LogP contribution is -2.10. The lowest BCUT2D eigenvalue weighted by atomic mass is 10.3. The predicted octanol–water partition coefficient (Wildman–Crippen LogP) is 3.21. The predicted molar refractivity (Wildman–Crippen MR) is 80.2 cm³/mol. The Morgan fingerprint density at radius 3 is 2.65 bits per heavy atom. The minimum atomic E-state index is 0.169. The summed E-state index contributed by atoms with van der Waals surface area (Å²) in [4.78, 5) is 2.57. The lowest BCUT2D eigenvalue weighted by molar-refractivity contribution is 0.782. The normalized spacial score (nSPS) is 12.3. The van der Waals surface area contributed by atoms with Gasteiger partial charge in [0.25, 0.3) is 0 Å². The number of aryl methyl sites for hydroxylation is 1. The van der Waals surface area contributed by atoms with E-state index >= 15 is 0 Å². The van der Waals surface area contributed by atoms with E-state index < -0.39 is 0 Å². The number of rotatable bonds is 4. The van der Waals surface area contributed by atoms with Crippen LogP contribution in [0.5, 0.6) is 0 Å². The summed E-state index contributed by atoms with van der Waals surface area (Å²) in [5.41, 5.74) is 0.939. The van der Waals surface area contributed by atoms with E-state index in [9.17, 15) is 0 Å². The topological polar surface area (TPSA) is 55.6 Å². The zero-order valence-electron chi connectivity index (χ0n) is 11.3. The van der Waals surface area contributed by atoms with Gasteiger partial charge in [0, 0.05) is 9.75 Å². The molecule has 0 aliphatic carbocycles. The molecule has 0 bridgehead atoms. The highest BCUT2D eigenvalue weighted by Crippen LogP contribution is 2.25. The largest absolute Gasteiger partial charge is 0.345 e. The third-order valence-corrected chi connectivity index (χ3v) is 4.19. The highest BCUT2D eigenvalue weighted by molar-refractivity contribution is 7.12. The lowest BCUT2D eigenvalue weighted by Gasteiger charge is -2.12. The van der Waals surface area contributed by atoms with E-state index in [1.54, 1.807) is 16.0 Å². The fraction of sp³-hybridized carbons (Fsp3) is 0.214. The fourth-order valence-corrected chi connectivity index (χ4v) is 2.85. The standard InChI is InChI=1S/C14H15N5S/c1-10-8-9-13(20-10)11(2)15-14-16-17-18-19(14)12-6-4-3-5-7-12/h3-9,11H,1-2H3,(H,15,16,18). The van der Waals surface area contributed by atoms with Crippen molar-refractivity contribution < 1.29 is 0 Å². The molecular weight excluding hydrogens is 270 g/mol. The van der Waals surface area contributed by atoms with Crippen LogP contribution in [0.4, 0.5) is 5.95 Å². The van der Waals surface area contributed by atoms with Crippen LogP contribution in [0, 0.1) is 6.92 Å². The number of nitrogens with one attached hydrogen (secondary N) is 1. The van der Waals surface area contributed by atoms with Gasteiger partial charge in [-0.05, 0) is 48.5 Å². The third kappa shape index (κ3) is 2.55. The van der Waals surface area contributed by atoms with E-state index in [4.69, 9.17) is 0 Å². The molecule has 2 heterocycles. The zero-order valence-corrected chi connectivity index (χ0v) is 12.1. The van der Waals surface area contributed by atoms with Crippen LogP contribution < -0.4 is 5.32 Å². The maximum atomic E-state index is 4.06. The van der Waals surface area contributed by atoms with Crippen molar-refractivity contribution in [2.24, 2.45) is 0 Å². The molecule has 102 valence electrons. The Morgan fingerprint density at radius 1 is 1.15 bits per heavy atom. The van der Waals surface area contributed by atoms with Crippen molar-refractivity contribution >= 4 is 17.3 Å². The van der Waals surface area contributed by atoms with Crippen molar-refractivity contribution in [3.63, 3.8) is 0 Å². The second-order valence-electron chi connectivity index (χ2n) is 4.56. The average molecular weight is 285 g/mol. The fourth-order valence-electron chi connectivity index (χ4n) is 1.97. The second kappa shape index (κ2) is 5.42. The Kier molecular flexibility index (Phi) is 3.47. The van der Waals surface area contributed by atoms with Crippen molar-refractivity contribution in [1.82, 2.24) is 20.2 Å². The first-order valence-electron chi connectivity index (χ1n) is 6.41. The smallest absolute Gasteiger partial charge is 0.248 e. The van der Waals surface area contributed by atoms with Crippen LogP contribution in [-0.2, 0) is 0 Å². The molecule has 5 nitrogen and oxygen atoms in total. The molecule has 1 unspecified atom stereocenters. The number of nitrogens with zero attached hydrogens (tertiary/aromatic N) is 4. The number of hydrogen-bond acceptors (Lipinski definition) is 5. The monoisotopic (exact) mass is 285 g/mol. The van der Waals surface area contributed by atoms with Gasteiger partial charge in [-0.2, -0.15) is 4.68 Å². The van der Waals surface area contributed by atoms with Crippen molar-refractivity contribution in [2.75, 3.05) is 5.32 Å². The molecule has 0 saturated carbocycles. The molecule has 1 atom stereocenters. The molecule has 6 heteroatoms. The Bertz CT molecular complexity index is 688. The summed E-state index contributed by atoms with van der Waals surface area (Å²) < 4.78 is 1.71. The maximum Gasteiger partial charge on any atom is 0.248 e. The molecule has 1 aromatic carbocycles. The molecule has 20 heavy (non-hydrogen) atoms. The van der Waals surface area contributed by atoms with E-state index in [0.717, 1.165) is 5.69 Å². The molecule has 0 amide bonds. The molecule has 0 aliphatic rings. The second-order valence-corrected chi connectivity index (χ2v) is 5.88. The molecule has 0 aliphatic heterocycles. The van der Waals surface area contributed by atoms with E-state index in [1.165, 1.54) is 9.75 Å². The highest BCUT2D eigenvalue weighted by atomic mass is 32.1. The van der Waals surface area contributed by atoms with Crippen molar-refractivity contribution in [1.29, 1.82) is 0 Å². The van der Waals surface area contributed by atoms with Crippen LogP contribution in [0.1, 0.15) is 22.7 Å². The van der Waals surface area contributed by atoms with Gasteiger partial charge in [0.05, 0.1) is 11.7 Å². The summed E-state index contributed by atoms with van der Waals surface area (Å²) in [6.45, 7) is 4.21. The number of benzene rings is 1. The van der Waals surface area contributed by atoms with Crippen molar-refractivity contribution in [2.45, 2.75) is 19.9 Å². The molecule has 2 aromatic heterocycles. The summed E-state index contributed by atoms with van der Waals surface area (Å²) in [5, 5.41) is 15.2. The van der Waals surface area contributed by atoms with Gasteiger partial charge < -0.3 is 5.32 Å². The van der Waals surface area contributed by atoms with Gasteiger partial charge in [0.15, 0.2) is 0 Å². The van der Waals surface area contributed by atoms with Crippen LogP contribution in [0.25, 0.3) is 5.69 Å². The van der Waals surface area contributed by atoms with Crippen LogP contribution >= 0.6 is 11.3 Å². The minimum absolute atomic E-state index is 0.169. The van der Waals surface area contributed by atoms with Crippen LogP contribution in [-0.4, -0.2) is 20.2 Å². The summed E-state index contributed by atoms with van der Waals surface area (Å²) in [6.07, 6.45) is 0. The Labute approximate surface area is 121 Å². The summed E-state index contributed by atoms with van der Waals surface area (Å²) in [6, 6.07) is 14.3. The third-order valence-electron chi connectivity index (χ3n) is 3.00. The molecule has 0 fully saturated rings. The summed E-state index contributed by atoms with van der Waals surface area (Å²) in [7, 11) is 0. The first kappa shape index (κ1) is 12.8. The Hall–Kier alpha value is -2.21. The number of para-hydroxylation sites is 1. The van der Waals surface area contributed by atoms with E-state index in [0.29, 0.717) is 5.95 Å². The molecule has 0 saturated heterocycles. The number of anilines is 1. The van der Waals surface area contributed by atoms with Crippen LogP contribution in [0.2, 0.25) is 0 Å². The minimum Gasteiger partial charge on any atom is -0.345 e. The van der Waals surface area contributed by atoms with Gasteiger partial charge in [-0.3, -0.25) is 0 Å².